The molecular formula is C12H26O5. The van der Waals surface area contributed by atoms with Gasteiger partial charge in [-0.3, -0.25) is 9.59 Å². The molecule has 0 spiro atoms. The molecule has 0 aliphatic heterocycles. The Morgan fingerprint density at radius 2 is 1.59 bits per heavy atom. The van der Waals surface area contributed by atoms with Crippen molar-refractivity contribution in [3.05, 3.63) is 0 Å². The summed E-state index contributed by atoms with van der Waals surface area (Å²) in [6.07, 6.45) is 3.46. The van der Waals surface area contributed by atoms with Gasteiger partial charge in [-0.2, -0.15) is 0 Å². The van der Waals surface area contributed by atoms with Crippen molar-refractivity contribution in [3.8, 4) is 0 Å². The highest BCUT2D eigenvalue weighted by Crippen LogP contribution is 1.89. The number of hydrogen-bond donors (Lipinski definition) is 2. The van der Waals surface area contributed by atoms with Crippen LogP contribution < -0.4 is 0 Å². The van der Waals surface area contributed by atoms with Crippen molar-refractivity contribution in [2.75, 3.05) is 13.2 Å². The van der Waals surface area contributed by atoms with E-state index < -0.39 is 5.97 Å². The summed E-state index contributed by atoms with van der Waals surface area (Å²) in [5.41, 5.74) is 0. The molecule has 0 amide bonds. The zero-order valence-corrected chi connectivity index (χ0v) is 11.4. The molecule has 17 heavy (non-hydrogen) atoms. The first kappa shape index (κ1) is 21.2. The number of hydrogen-bond acceptors (Lipinski definition) is 4. The molecule has 0 saturated heterocycles. The maximum atomic E-state index is 10.4. The molecule has 0 unspecified atom stereocenters. The molecule has 0 aliphatic rings. The molecular weight excluding hydrogens is 224 g/mol. The standard InChI is InChI=1S/C6H12O2.C4H10O.C2H4O2/c1-3-5-6(7)8-4-2;1-2-3-4-5;1-2(3)4/h3-5H2,1-2H3;5H,2-4H2,1H3;1H3,(H,3,4). The molecule has 0 radical (unpaired) electrons. The predicted molar refractivity (Wildman–Crippen MR) is 66.8 cm³/mol. The summed E-state index contributed by atoms with van der Waals surface area (Å²) in [5, 5.41) is 15.5. The lowest BCUT2D eigenvalue weighted by Gasteiger charge is -1.96. The van der Waals surface area contributed by atoms with E-state index in [-0.39, 0.29) is 5.97 Å². The van der Waals surface area contributed by atoms with Gasteiger partial charge in [0.05, 0.1) is 6.61 Å². The number of ether oxygens (including phenoxy) is 1. The van der Waals surface area contributed by atoms with Gasteiger partial charge < -0.3 is 14.9 Å². The van der Waals surface area contributed by atoms with E-state index >= 15 is 0 Å². The number of carbonyl (C=O) groups is 2. The Bertz CT molecular complexity index is 154. The third kappa shape index (κ3) is 52.1. The zero-order chi connectivity index (χ0) is 14.1. The van der Waals surface area contributed by atoms with Crippen molar-refractivity contribution in [2.45, 2.75) is 53.4 Å². The fraction of sp³-hybridized carbons (Fsp3) is 0.833. The van der Waals surface area contributed by atoms with Crippen LogP contribution in [0.1, 0.15) is 53.4 Å². The van der Waals surface area contributed by atoms with E-state index in [9.17, 15) is 4.79 Å². The van der Waals surface area contributed by atoms with Gasteiger partial charge in [0.1, 0.15) is 0 Å². The number of aliphatic carboxylic acids is 1. The SMILES string of the molecule is CC(=O)O.CCCC(=O)OCC.CCCCO. The zero-order valence-electron chi connectivity index (χ0n) is 11.4. The molecule has 0 atom stereocenters. The Labute approximate surface area is 104 Å². The van der Waals surface area contributed by atoms with Gasteiger partial charge in [-0.1, -0.05) is 20.3 Å². The summed E-state index contributed by atoms with van der Waals surface area (Å²) in [5.74, 6) is -0.921. The van der Waals surface area contributed by atoms with Crippen LogP contribution in [-0.4, -0.2) is 35.4 Å². The van der Waals surface area contributed by atoms with Crippen LogP contribution in [0.3, 0.4) is 0 Å². The topological polar surface area (TPSA) is 83.8 Å². The number of aliphatic hydroxyl groups excluding tert-OH is 1. The quantitative estimate of drug-likeness (QED) is 0.731. The monoisotopic (exact) mass is 250 g/mol. The van der Waals surface area contributed by atoms with Crippen LogP contribution in [-0.2, 0) is 14.3 Å². The Kier molecular flexibility index (Phi) is 25.4. The second-order valence-electron chi connectivity index (χ2n) is 3.15. The molecule has 0 heterocycles. The van der Waals surface area contributed by atoms with Gasteiger partial charge in [-0.15, -0.1) is 0 Å². The van der Waals surface area contributed by atoms with Crippen molar-refractivity contribution in [1.29, 1.82) is 0 Å². The van der Waals surface area contributed by atoms with Crippen molar-refractivity contribution in [1.82, 2.24) is 0 Å². The first-order valence-corrected chi connectivity index (χ1v) is 5.92. The smallest absolute Gasteiger partial charge is 0.305 e. The fourth-order valence-electron chi connectivity index (χ4n) is 0.595. The van der Waals surface area contributed by atoms with E-state index in [1.165, 1.54) is 0 Å². The minimum Gasteiger partial charge on any atom is -0.481 e. The molecule has 0 rings (SSSR count). The number of rotatable bonds is 5. The van der Waals surface area contributed by atoms with Crippen LogP contribution in [0.25, 0.3) is 0 Å². The second-order valence-corrected chi connectivity index (χ2v) is 3.15. The van der Waals surface area contributed by atoms with Gasteiger partial charge in [0.15, 0.2) is 0 Å². The fourth-order valence-corrected chi connectivity index (χ4v) is 0.595. The molecule has 104 valence electrons. The van der Waals surface area contributed by atoms with Crippen LogP contribution in [0.5, 0.6) is 0 Å². The third-order valence-electron chi connectivity index (χ3n) is 1.27. The highest BCUT2D eigenvalue weighted by atomic mass is 16.5. The summed E-state index contributed by atoms with van der Waals surface area (Å²) < 4.78 is 4.64. The Morgan fingerprint density at radius 3 is 1.76 bits per heavy atom. The summed E-state index contributed by atoms with van der Waals surface area (Å²) in [7, 11) is 0. The van der Waals surface area contributed by atoms with Crippen LogP contribution in [0.15, 0.2) is 0 Å². The maximum Gasteiger partial charge on any atom is 0.305 e. The normalized spacial score (nSPS) is 8.06. The predicted octanol–water partition coefficient (Wildman–Crippen LogP) is 2.22. The summed E-state index contributed by atoms with van der Waals surface area (Å²) in [4.78, 5) is 19.4. The van der Waals surface area contributed by atoms with Crippen LogP contribution in [0, 0.1) is 0 Å². The first-order valence-electron chi connectivity index (χ1n) is 5.92. The minimum atomic E-state index is -0.833. The number of carboxylic acid groups (broad SMARTS) is 1. The molecule has 2 N–H and O–H groups in total. The van der Waals surface area contributed by atoms with Gasteiger partial charge >= 0.3 is 5.97 Å². The third-order valence-corrected chi connectivity index (χ3v) is 1.27. The highest BCUT2D eigenvalue weighted by Gasteiger charge is 1.95. The van der Waals surface area contributed by atoms with E-state index in [1.54, 1.807) is 0 Å². The minimum absolute atomic E-state index is 0.0880. The number of carboxylic acids is 1. The van der Waals surface area contributed by atoms with E-state index in [0.29, 0.717) is 19.6 Å². The van der Waals surface area contributed by atoms with Crippen LogP contribution in [0.4, 0.5) is 0 Å². The Morgan fingerprint density at radius 1 is 1.12 bits per heavy atom. The molecule has 0 aromatic heterocycles. The Balaban J connectivity index is -0.000000188. The molecule has 5 heteroatoms. The number of unbranched alkanes of at least 4 members (excludes halogenated alkanes) is 1. The van der Waals surface area contributed by atoms with E-state index in [0.717, 1.165) is 26.2 Å². The van der Waals surface area contributed by atoms with Gasteiger partial charge in [0.2, 0.25) is 0 Å². The lowest BCUT2D eigenvalue weighted by molar-refractivity contribution is -0.143. The van der Waals surface area contributed by atoms with Crippen LogP contribution >= 0.6 is 0 Å². The van der Waals surface area contributed by atoms with Gasteiger partial charge in [-0.05, 0) is 19.8 Å². The summed E-state index contributed by atoms with van der Waals surface area (Å²) in [6, 6.07) is 0. The summed E-state index contributed by atoms with van der Waals surface area (Å²) >= 11 is 0. The lowest BCUT2D eigenvalue weighted by atomic mass is 10.3. The molecule has 0 aromatic carbocycles. The molecule has 0 aromatic rings. The number of carbonyl (C=O) groups excluding carboxylic acids is 1. The van der Waals surface area contributed by atoms with Crippen molar-refractivity contribution >= 4 is 11.9 Å². The van der Waals surface area contributed by atoms with Gasteiger partial charge in [0.25, 0.3) is 5.97 Å². The molecule has 0 fully saturated rings. The van der Waals surface area contributed by atoms with Crippen molar-refractivity contribution < 1.29 is 24.5 Å². The van der Waals surface area contributed by atoms with Crippen molar-refractivity contribution in [3.63, 3.8) is 0 Å². The first-order chi connectivity index (χ1) is 7.95. The molecule has 5 nitrogen and oxygen atoms in total. The number of aliphatic hydroxyl groups is 1. The maximum absolute atomic E-state index is 10.4. The van der Waals surface area contributed by atoms with Gasteiger partial charge in [0, 0.05) is 20.0 Å². The molecule has 0 saturated carbocycles. The van der Waals surface area contributed by atoms with E-state index in [2.05, 4.69) is 11.7 Å². The molecule has 0 bridgehead atoms. The highest BCUT2D eigenvalue weighted by molar-refractivity contribution is 5.69. The second kappa shape index (κ2) is 20.3. The molecule has 0 aliphatic carbocycles. The number of esters is 1. The van der Waals surface area contributed by atoms with E-state index in [4.69, 9.17) is 15.0 Å². The van der Waals surface area contributed by atoms with Gasteiger partial charge in [-0.25, -0.2) is 0 Å². The van der Waals surface area contributed by atoms with Crippen molar-refractivity contribution in [2.24, 2.45) is 0 Å². The Hall–Kier alpha value is -1.10. The largest absolute Gasteiger partial charge is 0.481 e. The summed E-state index contributed by atoms with van der Waals surface area (Å²) in [6.45, 7) is 7.75. The van der Waals surface area contributed by atoms with Crippen LogP contribution in [0.2, 0.25) is 0 Å². The average molecular weight is 250 g/mol. The lowest BCUT2D eigenvalue weighted by Crippen LogP contribution is -2.01. The van der Waals surface area contributed by atoms with E-state index in [1.807, 2.05) is 13.8 Å². The average Bonchev–Trinajstić information content (AvgIpc) is 2.19.